The first kappa shape index (κ1) is 22.2. The second-order valence-corrected chi connectivity index (χ2v) is 8.95. The molecule has 1 N–H and O–H groups in total. The van der Waals surface area contributed by atoms with Crippen LogP contribution in [0.25, 0.3) is 5.82 Å². The molecule has 1 aliphatic rings. The molecule has 0 amide bonds. The highest BCUT2D eigenvalue weighted by Gasteiger charge is 2.36. The molecule has 6 nitrogen and oxygen atoms in total. The minimum atomic E-state index is -3.08. The average Bonchev–Trinajstić information content (AvgIpc) is 3.32. The van der Waals surface area contributed by atoms with Crippen molar-refractivity contribution in [3.8, 4) is 5.82 Å². The molecule has 0 saturated carbocycles. The lowest BCUT2D eigenvalue weighted by Crippen LogP contribution is -2.33. The summed E-state index contributed by atoms with van der Waals surface area (Å²) < 4.78 is 49.8. The second kappa shape index (κ2) is 9.25. The van der Waals surface area contributed by atoms with E-state index in [0.717, 1.165) is 11.3 Å². The minimum absolute atomic E-state index is 0.0350. The van der Waals surface area contributed by atoms with Crippen LogP contribution in [0.3, 0.4) is 0 Å². The summed E-state index contributed by atoms with van der Waals surface area (Å²) in [5.74, 6) is -3.58. The molecule has 4 rings (SSSR count). The SMILES string of the molecule is OCc1nn(-c2ncccc2F)cc1CN1CCOCC(F)(F)c2cc(Cl)sc2CC1. The molecule has 3 aromatic rings. The van der Waals surface area contributed by atoms with Crippen LogP contribution in [0.2, 0.25) is 4.34 Å². The van der Waals surface area contributed by atoms with Gasteiger partial charge in [0.05, 0.1) is 23.2 Å². The average molecular weight is 473 g/mol. The molecule has 0 aromatic carbocycles. The number of pyridine rings is 1. The number of rotatable bonds is 4. The summed E-state index contributed by atoms with van der Waals surface area (Å²) >= 11 is 7.15. The van der Waals surface area contributed by atoms with Gasteiger partial charge < -0.3 is 9.84 Å². The molecular formula is C20H20ClF3N4O2S. The van der Waals surface area contributed by atoms with Crippen LogP contribution < -0.4 is 0 Å². The normalized spacial score (nSPS) is 17.5. The zero-order valence-electron chi connectivity index (χ0n) is 16.4. The second-order valence-electron chi connectivity index (χ2n) is 7.18. The lowest BCUT2D eigenvalue weighted by atomic mass is 10.1. The van der Waals surface area contributed by atoms with Crippen molar-refractivity contribution in [2.75, 3.05) is 26.3 Å². The molecule has 0 aliphatic carbocycles. The van der Waals surface area contributed by atoms with Crippen LogP contribution in [0.4, 0.5) is 13.2 Å². The van der Waals surface area contributed by atoms with E-state index in [-0.39, 0.29) is 24.6 Å². The molecule has 0 fully saturated rings. The zero-order valence-corrected chi connectivity index (χ0v) is 18.0. The van der Waals surface area contributed by atoms with Gasteiger partial charge in [-0.25, -0.2) is 14.1 Å². The molecule has 0 spiro atoms. The molecule has 0 unspecified atom stereocenters. The maximum atomic E-state index is 14.4. The number of aliphatic hydroxyl groups excluding tert-OH is 1. The number of alkyl halides is 2. The number of nitrogens with zero attached hydrogens (tertiary/aromatic N) is 4. The fraction of sp³-hybridized carbons (Fsp3) is 0.400. The third-order valence-corrected chi connectivity index (χ3v) is 6.36. The van der Waals surface area contributed by atoms with Gasteiger partial charge in [-0.1, -0.05) is 11.6 Å². The van der Waals surface area contributed by atoms with E-state index in [1.807, 2.05) is 4.90 Å². The Balaban J connectivity index is 1.56. The topological polar surface area (TPSA) is 63.4 Å². The predicted molar refractivity (Wildman–Crippen MR) is 110 cm³/mol. The Morgan fingerprint density at radius 3 is 2.94 bits per heavy atom. The molecule has 1 aliphatic heterocycles. The van der Waals surface area contributed by atoms with Gasteiger partial charge in [0, 0.05) is 48.0 Å². The molecule has 4 heterocycles. The number of hydrogen-bond acceptors (Lipinski definition) is 6. The largest absolute Gasteiger partial charge is 0.390 e. The number of halogens is 4. The third-order valence-electron chi connectivity index (χ3n) is 5.04. The summed E-state index contributed by atoms with van der Waals surface area (Å²) in [6.07, 6.45) is 3.48. The van der Waals surface area contributed by atoms with Gasteiger partial charge in [0.15, 0.2) is 11.6 Å². The van der Waals surface area contributed by atoms with Gasteiger partial charge in [-0.05, 0) is 24.6 Å². The standard InChI is InChI=1S/C20H20ClF3N4O2S/c21-18-8-14-17(31-18)3-5-27(6-7-30-12-20(14,23)24)9-13-10-28(26-16(13)11-29)19-15(22)2-1-4-25-19/h1-2,4,8,10,29H,3,5-7,9,11-12H2. The summed E-state index contributed by atoms with van der Waals surface area (Å²) in [4.78, 5) is 6.55. The fourth-order valence-corrected chi connectivity index (χ4v) is 4.81. The van der Waals surface area contributed by atoms with Crippen molar-refractivity contribution in [2.24, 2.45) is 0 Å². The van der Waals surface area contributed by atoms with Crippen molar-refractivity contribution < 1.29 is 23.0 Å². The summed E-state index contributed by atoms with van der Waals surface area (Å²) in [6.45, 7) is 0.381. The van der Waals surface area contributed by atoms with Crippen LogP contribution in [0.15, 0.2) is 30.6 Å². The van der Waals surface area contributed by atoms with Crippen LogP contribution in [-0.2, 0) is 30.2 Å². The van der Waals surface area contributed by atoms with Crippen LogP contribution in [-0.4, -0.2) is 51.1 Å². The van der Waals surface area contributed by atoms with Crippen LogP contribution >= 0.6 is 22.9 Å². The van der Waals surface area contributed by atoms with Crippen molar-refractivity contribution in [3.05, 3.63) is 62.4 Å². The van der Waals surface area contributed by atoms with E-state index in [2.05, 4.69) is 10.1 Å². The van der Waals surface area contributed by atoms with E-state index < -0.39 is 18.3 Å². The highest BCUT2D eigenvalue weighted by atomic mass is 35.5. The van der Waals surface area contributed by atoms with Gasteiger partial charge in [-0.15, -0.1) is 11.3 Å². The maximum absolute atomic E-state index is 14.4. The number of hydrogen-bond donors (Lipinski definition) is 1. The number of aromatic nitrogens is 3. The smallest absolute Gasteiger partial charge is 0.297 e. The van der Waals surface area contributed by atoms with Crippen LogP contribution in [0, 0.1) is 5.82 Å². The Labute approximate surface area is 185 Å². The van der Waals surface area contributed by atoms with E-state index in [1.54, 1.807) is 6.20 Å². The number of thiophene rings is 1. The molecule has 31 heavy (non-hydrogen) atoms. The Morgan fingerprint density at radius 2 is 2.16 bits per heavy atom. The molecule has 0 atom stereocenters. The Morgan fingerprint density at radius 1 is 1.32 bits per heavy atom. The monoisotopic (exact) mass is 472 g/mol. The van der Waals surface area contributed by atoms with Gasteiger partial charge in [0.2, 0.25) is 0 Å². The highest BCUT2D eigenvalue weighted by Crippen LogP contribution is 2.38. The first-order valence-electron chi connectivity index (χ1n) is 9.63. The lowest BCUT2D eigenvalue weighted by molar-refractivity contribution is -0.0866. The van der Waals surface area contributed by atoms with Gasteiger partial charge in [-0.2, -0.15) is 13.9 Å². The van der Waals surface area contributed by atoms with E-state index in [9.17, 15) is 18.3 Å². The number of ether oxygens (including phenoxy) is 1. The van der Waals surface area contributed by atoms with E-state index in [1.165, 1.54) is 29.1 Å². The summed E-state index contributed by atoms with van der Waals surface area (Å²) in [7, 11) is 0. The first-order chi connectivity index (χ1) is 14.9. The van der Waals surface area contributed by atoms with Crippen molar-refractivity contribution in [2.45, 2.75) is 25.5 Å². The molecule has 166 valence electrons. The highest BCUT2D eigenvalue weighted by molar-refractivity contribution is 7.16. The van der Waals surface area contributed by atoms with Crippen molar-refractivity contribution in [1.82, 2.24) is 19.7 Å². The Kier molecular flexibility index (Phi) is 6.63. The van der Waals surface area contributed by atoms with Gasteiger partial charge in [0.25, 0.3) is 5.92 Å². The summed E-state index contributed by atoms with van der Waals surface area (Å²) in [5, 5.41) is 14.0. The molecule has 0 radical (unpaired) electrons. The van der Waals surface area contributed by atoms with Crippen LogP contribution in [0.5, 0.6) is 0 Å². The van der Waals surface area contributed by atoms with Crippen LogP contribution in [0.1, 0.15) is 21.7 Å². The quantitative estimate of drug-likeness (QED) is 0.626. The van der Waals surface area contributed by atoms with Gasteiger partial charge in [0.1, 0.15) is 6.61 Å². The zero-order chi connectivity index (χ0) is 22.0. The molecular weight excluding hydrogens is 453 g/mol. The number of aliphatic hydroxyl groups is 1. The first-order valence-corrected chi connectivity index (χ1v) is 10.8. The van der Waals surface area contributed by atoms with E-state index in [0.29, 0.717) is 46.5 Å². The molecule has 11 heteroatoms. The van der Waals surface area contributed by atoms with Crippen molar-refractivity contribution in [3.63, 3.8) is 0 Å². The lowest BCUT2D eigenvalue weighted by Gasteiger charge is -2.25. The Hall–Kier alpha value is -1.98. The van der Waals surface area contributed by atoms with E-state index >= 15 is 0 Å². The van der Waals surface area contributed by atoms with Crippen molar-refractivity contribution >= 4 is 22.9 Å². The number of fused-ring (bicyclic) bond motifs is 1. The van der Waals surface area contributed by atoms with Gasteiger partial charge in [-0.3, -0.25) is 4.90 Å². The van der Waals surface area contributed by atoms with Gasteiger partial charge >= 0.3 is 0 Å². The minimum Gasteiger partial charge on any atom is -0.390 e. The predicted octanol–water partition coefficient (Wildman–Crippen LogP) is 3.78. The molecule has 3 aromatic heterocycles. The fourth-order valence-electron chi connectivity index (χ4n) is 3.50. The van der Waals surface area contributed by atoms with E-state index in [4.69, 9.17) is 16.3 Å². The van der Waals surface area contributed by atoms with Crippen molar-refractivity contribution in [1.29, 1.82) is 0 Å². The molecule has 0 bridgehead atoms. The molecule has 0 saturated heterocycles. The summed E-state index contributed by atoms with van der Waals surface area (Å²) in [6, 6.07) is 4.08. The Bertz CT molecular complexity index is 1060. The summed E-state index contributed by atoms with van der Waals surface area (Å²) in [5.41, 5.74) is 1.01. The maximum Gasteiger partial charge on any atom is 0.297 e. The third kappa shape index (κ3) is 4.93.